The van der Waals surface area contributed by atoms with E-state index >= 15 is 4.79 Å². The standard InChI is InChI=1S/C44H51NO16/c1-21-27-29(48)33(50)42(8)26(47)19-25-20-55-44(25,59-22(2)46)32(42)35(57-36(51)24-17-13-10-14-18-24)43(41(27,6)7)34(58-39(54)61-43)31(21)56-37(52)30(49)28(23-15-11-9-12-16-23)45-38(53)60-40(3,4)5/h9-18,25-26,28-32,34-35,47-49H,19-20H2,1-8H3,(H,45,53)/t25-,26-,28-,29+,30+,31+,32-,34-,35-,42+,43+,44-/m0/s1. The van der Waals surface area contributed by atoms with E-state index in [4.69, 9.17) is 33.2 Å². The molecule has 1 amide bonds. The first-order valence-electron chi connectivity index (χ1n) is 20.0. The predicted octanol–water partition coefficient (Wildman–Crippen LogP) is 3.62. The zero-order valence-corrected chi connectivity index (χ0v) is 35.0. The molecule has 2 saturated heterocycles. The third kappa shape index (κ3) is 6.85. The van der Waals surface area contributed by atoms with Crippen LogP contribution in [0.25, 0.3) is 0 Å². The molecule has 4 fully saturated rings. The van der Waals surface area contributed by atoms with Gasteiger partial charge in [0.1, 0.15) is 11.7 Å². The van der Waals surface area contributed by atoms with Crippen molar-refractivity contribution in [2.45, 2.75) is 121 Å². The summed E-state index contributed by atoms with van der Waals surface area (Å²) in [7, 11) is 0. The van der Waals surface area contributed by atoms with Crippen molar-refractivity contribution in [2.75, 3.05) is 6.61 Å². The van der Waals surface area contributed by atoms with Crippen molar-refractivity contribution in [3.05, 3.63) is 82.9 Å². The molecule has 5 aliphatic rings. The minimum Gasteiger partial charge on any atom is -0.454 e. The van der Waals surface area contributed by atoms with E-state index in [1.54, 1.807) is 69.3 Å². The number of nitrogens with one attached hydrogen (secondary N) is 1. The van der Waals surface area contributed by atoms with Gasteiger partial charge in [0.05, 0.1) is 41.6 Å². The number of fused-ring (bicyclic) bond motifs is 4. The summed E-state index contributed by atoms with van der Waals surface area (Å²) >= 11 is 0. The second-order valence-electron chi connectivity index (χ2n) is 18.0. The van der Waals surface area contributed by atoms with Gasteiger partial charge in [-0.3, -0.25) is 9.59 Å². The number of benzene rings is 2. The van der Waals surface area contributed by atoms with Gasteiger partial charge in [-0.15, -0.1) is 0 Å². The molecule has 12 atom stereocenters. The minimum atomic E-state index is -2.37. The molecule has 0 aromatic heterocycles. The summed E-state index contributed by atoms with van der Waals surface area (Å²) in [4.78, 5) is 83.6. The molecule has 2 saturated carbocycles. The molecule has 7 rings (SSSR count). The highest BCUT2D eigenvalue weighted by molar-refractivity contribution is 5.94. The van der Waals surface area contributed by atoms with Crippen molar-refractivity contribution in [1.82, 2.24) is 5.32 Å². The molecule has 2 heterocycles. The summed E-state index contributed by atoms with van der Waals surface area (Å²) in [6.45, 7) is 11.7. The fourth-order valence-corrected chi connectivity index (χ4v) is 10.2. The Morgan fingerprint density at radius 1 is 0.934 bits per heavy atom. The van der Waals surface area contributed by atoms with Crippen molar-refractivity contribution >= 4 is 35.9 Å². The fourth-order valence-electron chi connectivity index (χ4n) is 10.2. The zero-order valence-electron chi connectivity index (χ0n) is 35.0. The van der Waals surface area contributed by atoms with Crippen LogP contribution in [-0.4, -0.2) is 111 Å². The molecule has 2 bridgehead atoms. The second kappa shape index (κ2) is 15.2. The number of aliphatic hydroxyl groups excluding tert-OH is 3. The lowest BCUT2D eigenvalue weighted by Crippen LogP contribution is -2.81. The number of hydrogen-bond acceptors (Lipinski definition) is 16. The summed E-state index contributed by atoms with van der Waals surface area (Å²) in [5, 5.41) is 38.6. The smallest absolute Gasteiger partial charge is 0.454 e. The lowest BCUT2D eigenvalue weighted by molar-refractivity contribution is -0.409. The normalized spacial score (nSPS) is 34.5. The van der Waals surface area contributed by atoms with E-state index in [2.05, 4.69) is 5.32 Å². The number of alkyl carbamates (subject to hydrolysis) is 1. The van der Waals surface area contributed by atoms with Crippen molar-refractivity contribution < 1.29 is 77.2 Å². The van der Waals surface area contributed by atoms with E-state index in [-0.39, 0.29) is 35.3 Å². The van der Waals surface area contributed by atoms with E-state index in [1.807, 2.05) is 0 Å². The highest BCUT2D eigenvalue weighted by atomic mass is 16.8. The summed E-state index contributed by atoms with van der Waals surface area (Å²) in [5.41, 5.74) is -7.03. The topological polar surface area (TPSA) is 240 Å². The van der Waals surface area contributed by atoms with E-state index < -0.39 is 118 Å². The van der Waals surface area contributed by atoms with Crippen LogP contribution in [0.15, 0.2) is 71.8 Å². The molecule has 0 radical (unpaired) electrons. The average Bonchev–Trinajstić information content (AvgIpc) is 3.55. The van der Waals surface area contributed by atoms with Gasteiger partial charge in [0.25, 0.3) is 0 Å². The number of esters is 3. The maximum atomic E-state index is 15.1. The van der Waals surface area contributed by atoms with Gasteiger partial charge in [0.15, 0.2) is 30.2 Å². The molecule has 17 heteroatoms. The van der Waals surface area contributed by atoms with Gasteiger partial charge in [-0.1, -0.05) is 62.4 Å². The van der Waals surface area contributed by atoms with Crippen LogP contribution < -0.4 is 5.32 Å². The lowest BCUT2D eigenvalue weighted by Gasteiger charge is -2.67. The number of ketones is 1. The number of carbonyl (C=O) groups excluding carboxylic acids is 6. The molecule has 4 N–H and O–H groups in total. The Balaban J connectivity index is 1.42. The molecular formula is C44H51NO16. The highest BCUT2D eigenvalue weighted by Crippen LogP contribution is 2.67. The predicted molar refractivity (Wildman–Crippen MR) is 208 cm³/mol. The Morgan fingerprint density at radius 3 is 2.13 bits per heavy atom. The van der Waals surface area contributed by atoms with Crippen LogP contribution in [0.3, 0.4) is 0 Å². The molecule has 61 heavy (non-hydrogen) atoms. The summed E-state index contributed by atoms with van der Waals surface area (Å²) in [6, 6.07) is 14.3. The Kier molecular flexibility index (Phi) is 10.9. The van der Waals surface area contributed by atoms with E-state index in [0.717, 1.165) is 6.92 Å². The molecule has 3 aliphatic carbocycles. The van der Waals surface area contributed by atoms with Crippen molar-refractivity contribution in [2.24, 2.45) is 22.7 Å². The lowest BCUT2D eigenvalue weighted by atomic mass is 9.45. The molecule has 0 unspecified atom stereocenters. The van der Waals surface area contributed by atoms with Gasteiger partial charge < -0.3 is 53.8 Å². The van der Waals surface area contributed by atoms with Crippen LogP contribution in [-0.2, 0) is 47.5 Å². The molecule has 2 aromatic rings. The van der Waals surface area contributed by atoms with Crippen LogP contribution in [0.2, 0.25) is 0 Å². The number of carbonyl (C=O) groups is 6. The SMILES string of the molecule is CC(=O)O[C@@]12OC[C@@H]1C[C@H](O)[C@@]1(C)C(=O)[C@H](O)C3=C(C)[C@@H](OC(=O)[C@H](O)[C@@H](NC(=O)OC(C)(C)C)c4ccccc4)[C@@H]4OC(=O)O[C@]4([C@@H](OC(=O)c4ccccc4)[C@H]21)C3(C)C. The van der Waals surface area contributed by atoms with Crippen molar-refractivity contribution in [1.29, 1.82) is 0 Å². The maximum absolute atomic E-state index is 15.1. The molecule has 2 aromatic carbocycles. The second-order valence-corrected chi connectivity index (χ2v) is 18.0. The van der Waals surface area contributed by atoms with Gasteiger partial charge in [0.2, 0.25) is 11.4 Å². The van der Waals surface area contributed by atoms with Gasteiger partial charge in [0, 0.05) is 12.3 Å². The largest absolute Gasteiger partial charge is 0.509 e. The Labute approximate surface area is 351 Å². The van der Waals surface area contributed by atoms with Crippen LogP contribution in [0.4, 0.5) is 9.59 Å². The van der Waals surface area contributed by atoms with E-state index in [1.165, 1.54) is 39.8 Å². The van der Waals surface area contributed by atoms with Gasteiger partial charge in [-0.25, -0.2) is 19.2 Å². The van der Waals surface area contributed by atoms with Gasteiger partial charge >= 0.3 is 30.2 Å². The number of aliphatic hydroxyl groups is 3. The molecule has 1 spiro atoms. The first kappa shape index (κ1) is 43.7. The van der Waals surface area contributed by atoms with Crippen LogP contribution in [0, 0.1) is 22.7 Å². The maximum Gasteiger partial charge on any atom is 0.509 e. The first-order chi connectivity index (χ1) is 28.5. The fraction of sp³-hybridized carbons (Fsp3) is 0.545. The van der Waals surface area contributed by atoms with Crippen molar-refractivity contribution in [3.63, 3.8) is 0 Å². The zero-order chi connectivity index (χ0) is 44.6. The molecular weight excluding hydrogens is 798 g/mol. The third-order valence-electron chi connectivity index (χ3n) is 13.0. The van der Waals surface area contributed by atoms with E-state index in [0.29, 0.717) is 0 Å². The van der Waals surface area contributed by atoms with Crippen LogP contribution in [0.1, 0.15) is 83.8 Å². The number of ether oxygens (including phenoxy) is 7. The highest BCUT2D eigenvalue weighted by Gasteiger charge is 2.83. The quantitative estimate of drug-likeness (QED) is 0.169. The molecule has 17 nitrogen and oxygen atoms in total. The number of hydrogen-bond donors (Lipinski definition) is 4. The van der Waals surface area contributed by atoms with Gasteiger partial charge in [-0.05, 0) is 69.9 Å². The number of amides is 1. The van der Waals surface area contributed by atoms with Crippen molar-refractivity contribution in [3.8, 4) is 0 Å². The Hall–Kier alpha value is -5.36. The number of Topliss-reactive ketones (excluding diaryl/α,β-unsaturated/α-hetero) is 1. The molecule has 328 valence electrons. The summed E-state index contributed by atoms with van der Waals surface area (Å²) < 4.78 is 42.1. The average molecular weight is 850 g/mol. The van der Waals surface area contributed by atoms with E-state index in [9.17, 15) is 39.3 Å². The van der Waals surface area contributed by atoms with Crippen LogP contribution in [0.5, 0.6) is 0 Å². The Morgan fingerprint density at radius 2 is 1.56 bits per heavy atom. The van der Waals surface area contributed by atoms with Gasteiger partial charge in [-0.2, -0.15) is 0 Å². The molecule has 2 aliphatic heterocycles. The first-order valence-corrected chi connectivity index (χ1v) is 20.0. The third-order valence-corrected chi connectivity index (χ3v) is 13.0. The monoisotopic (exact) mass is 849 g/mol. The summed E-state index contributed by atoms with van der Waals surface area (Å²) in [6.07, 6.45) is -13.7. The number of rotatable bonds is 8. The summed E-state index contributed by atoms with van der Waals surface area (Å²) in [5.74, 6) is -8.75. The Bertz CT molecular complexity index is 2150. The van der Waals surface area contributed by atoms with Crippen LogP contribution >= 0.6 is 0 Å². The minimum absolute atomic E-state index is 0.00893.